The molecule has 162 valence electrons. The molecule has 1 N–H and O–H groups in total. The number of hydrogen-bond donors (Lipinski definition) is 1. The Hall–Kier alpha value is -3.48. The molecule has 0 bridgehead atoms. The van der Waals surface area contributed by atoms with Crippen molar-refractivity contribution in [2.24, 2.45) is 5.10 Å². The van der Waals surface area contributed by atoms with Crippen molar-refractivity contribution in [3.05, 3.63) is 111 Å². The maximum Gasteiger partial charge on any atom is 0.293 e. The van der Waals surface area contributed by atoms with Crippen LogP contribution in [0.25, 0.3) is 21.5 Å². The first kappa shape index (κ1) is 21.4. The van der Waals surface area contributed by atoms with E-state index in [0.717, 1.165) is 32.7 Å². The lowest BCUT2D eigenvalue weighted by Gasteiger charge is -2.07. The topological polar surface area (TPSA) is 59.3 Å². The minimum absolute atomic E-state index is 0.267. The molecule has 5 nitrogen and oxygen atoms in total. The van der Waals surface area contributed by atoms with Crippen LogP contribution in [-0.2, 0) is 6.54 Å². The molecule has 5 aromatic rings. The van der Waals surface area contributed by atoms with E-state index < -0.39 is 5.91 Å². The van der Waals surface area contributed by atoms with Crippen molar-refractivity contribution in [3.8, 4) is 0 Å². The summed E-state index contributed by atoms with van der Waals surface area (Å²) in [7, 11) is 0. The van der Waals surface area contributed by atoms with E-state index in [2.05, 4.69) is 61.9 Å². The van der Waals surface area contributed by atoms with E-state index in [0.29, 0.717) is 16.0 Å². The Balaban J connectivity index is 1.38. The SMILES string of the molecule is O=C(N/N=C/c1c2ccccc2cc2ccccc12)c1nn(Cc2ccc(Cl)cc2)cc1Br. The van der Waals surface area contributed by atoms with Crippen LogP contribution in [0.5, 0.6) is 0 Å². The standard InChI is InChI=1S/C26H18BrClN4O/c27-24-16-32(15-17-9-11-20(28)12-10-17)31-25(24)26(33)30-29-14-23-21-7-3-1-5-18(21)13-19-6-2-4-8-22(19)23/h1-14,16H,15H2,(H,30,33)/b29-14+. The lowest BCUT2D eigenvalue weighted by molar-refractivity contribution is 0.0948. The lowest BCUT2D eigenvalue weighted by atomic mass is 9.97. The normalized spacial score (nSPS) is 11.5. The number of nitrogens with one attached hydrogen (secondary N) is 1. The van der Waals surface area contributed by atoms with Gasteiger partial charge in [-0.05, 0) is 61.2 Å². The van der Waals surface area contributed by atoms with Crippen LogP contribution in [0.15, 0.2) is 94.6 Å². The fourth-order valence-corrected chi connectivity index (χ4v) is 4.43. The number of rotatable bonds is 5. The number of aromatic nitrogens is 2. The molecule has 5 rings (SSSR count). The molecule has 0 spiro atoms. The minimum atomic E-state index is -0.391. The molecule has 0 aliphatic rings. The van der Waals surface area contributed by atoms with Crippen LogP contribution in [0.1, 0.15) is 21.6 Å². The number of benzene rings is 4. The van der Waals surface area contributed by atoms with Gasteiger partial charge in [-0.2, -0.15) is 10.2 Å². The number of hydrazone groups is 1. The van der Waals surface area contributed by atoms with E-state index in [4.69, 9.17) is 11.6 Å². The van der Waals surface area contributed by atoms with Crippen molar-refractivity contribution in [1.82, 2.24) is 15.2 Å². The summed E-state index contributed by atoms with van der Waals surface area (Å²) in [4.78, 5) is 12.7. The molecule has 0 radical (unpaired) electrons. The third-order valence-corrected chi connectivity index (χ3v) is 6.19. The molecule has 0 aliphatic heterocycles. The van der Waals surface area contributed by atoms with Crippen LogP contribution < -0.4 is 5.43 Å². The number of fused-ring (bicyclic) bond motifs is 2. The monoisotopic (exact) mass is 516 g/mol. The van der Waals surface area contributed by atoms with E-state index in [-0.39, 0.29) is 5.69 Å². The van der Waals surface area contributed by atoms with Crippen molar-refractivity contribution in [3.63, 3.8) is 0 Å². The summed E-state index contributed by atoms with van der Waals surface area (Å²) in [5.41, 5.74) is 4.86. The van der Waals surface area contributed by atoms with Gasteiger partial charge in [0.1, 0.15) is 0 Å². The van der Waals surface area contributed by atoms with Crippen molar-refractivity contribution in [2.45, 2.75) is 6.54 Å². The number of carbonyl (C=O) groups excluding carboxylic acids is 1. The van der Waals surface area contributed by atoms with Crippen LogP contribution in [0, 0.1) is 0 Å². The number of nitrogens with zero attached hydrogens (tertiary/aromatic N) is 3. The molecular weight excluding hydrogens is 500 g/mol. The van der Waals surface area contributed by atoms with Gasteiger partial charge in [0.25, 0.3) is 5.91 Å². The molecule has 33 heavy (non-hydrogen) atoms. The molecule has 0 saturated carbocycles. The molecule has 1 heterocycles. The first-order chi connectivity index (χ1) is 16.1. The third-order valence-electron chi connectivity index (χ3n) is 5.36. The smallest absolute Gasteiger partial charge is 0.266 e. The number of amides is 1. The van der Waals surface area contributed by atoms with Crippen molar-refractivity contribution in [1.29, 1.82) is 0 Å². The Labute approximate surface area is 203 Å². The van der Waals surface area contributed by atoms with Gasteiger partial charge in [0.05, 0.1) is 17.2 Å². The van der Waals surface area contributed by atoms with Gasteiger partial charge < -0.3 is 0 Å². The molecular formula is C26H18BrClN4O. The van der Waals surface area contributed by atoms with Crippen molar-refractivity contribution < 1.29 is 4.79 Å². The van der Waals surface area contributed by atoms with Crippen LogP contribution in [0.2, 0.25) is 5.02 Å². The molecule has 0 aliphatic carbocycles. The summed E-state index contributed by atoms with van der Waals surface area (Å²) in [6.45, 7) is 0.522. The minimum Gasteiger partial charge on any atom is -0.266 e. The van der Waals surface area contributed by atoms with Gasteiger partial charge in [0.15, 0.2) is 5.69 Å². The van der Waals surface area contributed by atoms with E-state index in [1.54, 1.807) is 17.1 Å². The zero-order valence-electron chi connectivity index (χ0n) is 17.4. The van der Waals surface area contributed by atoms with Gasteiger partial charge >= 0.3 is 0 Å². The van der Waals surface area contributed by atoms with E-state index in [1.165, 1.54) is 0 Å². The highest BCUT2D eigenvalue weighted by atomic mass is 79.9. The molecule has 0 unspecified atom stereocenters. The van der Waals surface area contributed by atoms with Crippen molar-refractivity contribution >= 4 is 61.2 Å². The second-order valence-electron chi connectivity index (χ2n) is 7.58. The van der Waals surface area contributed by atoms with Crippen molar-refractivity contribution in [2.75, 3.05) is 0 Å². The summed E-state index contributed by atoms with van der Waals surface area (Å²) in [6, 6.07) is 25.9. The van der Waals surface area contributed by atoms with Crippen LogP contribution in [-0.4, -0.2) is 21.9 Å². The summed E-state index contributed by atoms with van der Waals surface area (Å²) in [5.74, 6) is -0.391. The molecule has 1 amide bonds. The number of halogens is 2. The third kappa shape index (κ3) is 4.53. The van der Waals surface area contributed by atoms with Crippen LogP contribution in [0.3, 0.4) is 0 Å². The largest absolute Gasteiger partial charge is 0.293 e. The Morgan fingerprint density at radius 2 is 1.64 bits per heavy atom. The van der Waals surface area contributed by atoms with E-state index in [1.807, 2.05) is 48.5 Å². The lowest BCUT2D eigenvalue weighted by Crippen LogP contribution is -2.19. The van der Waals surface area contributed by atoms with Gasteiger partial charge in [0, 0.05) is 16.8 Å². The van der Waals surface area contributed by atoms with Gasteiger partial charge in [-0.1, -0.05) is 72.3 Å². The second-order valence-corrected chi connectivity index (χ2v) is 8.87. The fourth-order valence-electron chi connectivity index (χ4n) is 3.81. The summed E-state index contributed by atoms with van der Waals surface area (Å²) in [5, 5.41) is 13.7. The van der Waals surface area contributed by atoms with E-state index >= 15 is 0 Å². The number of hydrogen-bond acceptors (Lipinski definition) is 3. The molecule has 4 aromatic carbocycles. The van der Waals surface area contributed by atoms with Gasteiger partial charge in [-0.25, -0.2) is 5.43 Å². The fraction of sp³-hybridized carbons (Fsp3) is 0.0385. The average Bonchev–Trinajstić information content (AvgIpc) is 3.20. The highest BCUT2D eigenvalue weighted by molar-refractivity contribution is 9.10. The highest BCUT2D eigenvalue weighted by Gasteiger charge is 2.15. The van der Waals surface area contributed by atoms with Gasteiger partial charge in [-0.15, -0.1) is 0 Å². The quantitative estimate of drug-likeness (QED) is 0.166. The predicted octanol–water partition coefficient (Wildman–Crippen LogP) is 6.42. The first-order valence-electron chi connectivity index (χ1n) is 10.3. The predicted molar refractivity (Wildman–Crippen MR) is 137 cm³/mol. The Morgan fingerprint density at radius 3 is 2.30 bits per heavy atom. The van der Waals surface area contributed by atoms with Crippen LogP contribution in [0.4, 0.5) is 0 Å². The Morgan fingerprint density at radius 1 is 1.00 bits per heavy atom. The molecule has 0 atom stereocenters. The van der Waals surface area contributed by atoms with Gasteiger partial charge in [-0.3, -0.25) is 9.48 Å². The first-order valence-corrected chi connectivity index (χ1v) is 11.5. The summed E-state index contributed by atoms with van der Waals surface area (Å²) >= 11 is 9.37. The molecule has 0 saturated heterocycles. The maximum absolute atomic E-state index is 12.7. The van der Waals surface area contributed by atoms with Gasteiger partial charge in [0.2, 0.25) is 0 Å². The molecule has 7 heteroatoms. The summed E-state index contributed by atoms with van der Waals surface area (Å²) < 4.78 is 2.30. The zero-order chi connectivity index (χ0) is 22.8. The zero-order valence-corrected chi connectivity index (χ0v) is 19.7. The number of carbonyl (C=O) groups is 1. The Kier molecular flexibility index (Phi) is 5.94. The average molecular weight is 518 g/mol. The van der Waals surface area contributed by atoms with Crippen LogP contribution >= 0.6 is 27.5 Å². The molecule has 1 aromatic heterocycles. The second kappa shape index (κ2) is 9.17. The summed E-state index contributed by atoms with van der Waals surface area (Å²) in [6.07, 6.45) is 3.46. The maximum atomic E-state index is 12.7. The molecule has 0 fully saturated rings. The highest BCUT2D eigenvalue weighted by Crippen LogP contribution is 2.27. The van der Waals surface area contributed by atoms with E-state index in [9.17, 15) is 4.79 Å². The Bertz CT molecular complexity index is 1450.